The van der Waals surface area contributed by atoms with Crippen LogP contribution in [0, 0.1) is 16.0 Å². The first-order chi connectivity index (χ1) is 12.6. The molecule has 0 aliphatic carbocycles. The number of rotatable bonds is 5. The molecule has 0 spiro atoms. The van der Waals surface area contributed by atoms with Crippen molar-refractivity contribution >= 4 is 23.7 Å². The third-order valence-electron chi connectivity index (χ3n) is 3.91. The van der Waals surface area contributed by atoms with Gasteiger partial charge in [-0.1, -0.05) is 18.2 Å². The lowest BCUT2D eigenvalue weighted by Gasteiger charge is -2.24. The van der Waals surface area contributed by atoms with Gasteiger partial charge in [-0.25, -0.2) is 9.69 Å². The molecule has 1 aliphatic rings. The lowest BCUT2D eigenvalue weighted by Crippen LogP contribution is -2.42. The number of nitrogens with zero attached hydrogens (tertiary/aromatic N) is 2. The van der Waals surface area contributed by atoms with Crippen molar-refractivity contribution < 1.29 is 28.8 Å². The van der Waals surface area contributed by atoms with Crippen LogP contribution in [0.1, 0.15) is 39.2 Å². The quantitative estimate of drug-likeness (QED) is 0.439. The summed E-state index contributed by atoms with van der Waals surface area (Å²) < 4.78 is 10.2. The molecule has 0 fully saturated rings. The molecule has 9 heteroatoms. The van der Waals surface area contributed by atoms with Gasteiger partial charge >= 0.3 is 12.1 Å². The van der Waals surface area contributed by atoms with Crippen LogP contribution in [0.3, 0.4) is 0 Å². The van der Waals surface area contributed by atoms with Gasteiger partial charge in [0.15, 0.2) is 0 Å². The van der Waals surface area contributed by atoms with Crippen molar-refractivity contribution in [2.45, 2.75) is 39.2 Å². The first-order valence-electron chi connectivity index (χ1n) is 8.51. The highest BCUT2D eigenvalue weighted by Gasteiger charge is 2.50. The Balaban J connectivity index is 2.48. The monoisotopic (exact) mass is 378 g/mol. The van der Waals surface area contributed by atoms with Crippen molar-refractivity contribution in [2.24, 2.45) is 5.92 Å². The molecule has 1 aromatic rings. The van der Waals surface area contributed by atoms with E-state index in [2.05, 4.69) is 0 Å². The zero-order valence-electron chi connectivity index (χ0n) is 15.6. The van der Waals surface area contributed by atoms with E-state index in [1.807, 2.05) is 0 Å². The number of ether oxygens (including phenoxy) is 2. The normalized spacial score (nSPS) is 17.3. The number of benzene rings is 1. The summed E-state index contributed by atoms with van der Waals surface area (Å²) in [6.07, 6.45) is -0.897. The fraction of sp³-hybridized carbons (Fsp3) is 0.500. The Kier molecular flexibility index (Phi) is 5.82. The van der Waals surface area contributed by atoms with E-state index in [0.717, 1.165) is 4.90 Å². The number of anilines is 1. The van der Waals surface area contributed by atoms with E-state index in [1.165, 1.54) is 6.07 Å². The lowest BCUT2D eigenvalue weighted by molar-refractivity contribution is -0.486. The third kappa shape index (κ3) is 4.42. The van der Waals surface area contributed by atoms with Crippen LogP contribution in [0.5, 0.6) is 0 Å². The second-order valence-corrected chi connectivity index (χ2v) is 7.06. The third-order valence-corrected chi connectivity index (χ3v) is 3.91. The Morgan fingerprint density at radius 3 is 2.48 bits per heavy atom. The number of nitro groups is 1. The highest BCUT2D eigenvalue weighted by Crippen LogP contribution is 2.42. The molecule has 0 radical (unpaired) electrons. The predicted molar refractivity (Wildman–Crippen MR) is 94.9 cm³/mol. The maximum atomic E-state index is 13.0. The maximum Gasteiger partial charge on any atom is 0.421 e. The molecule has 1 aromatic carbocycles. The van der Waals surface area contributed by atoms with Gasteiger partial charge in [-0.15, -0.1) is 0 Å². The molecule has 0 saturated heterocycles. The standard InChI is InChI=1S/C18H22N2O7/c1-5-26-16(22)12(10-19(24)25)14-11-8-6-7-9-13(11)20(15(14)21)17(23)27-18(2,3)4/h6-9,12,14H,5,10H2,1-4H3/t12-,14+/m0/s1. The smallest absolute Gasteiger partial charge is 0.421 e. The molecule has 9 nitrogen and oxygen atoms in total. The number of para-hydroxylation sites is 1. The van der Waals surface area contributed by atoms with E-state index in [0.29, 0.717) is 5.56 Å². The summed E-state index contributed by atoms with van der Waals surface area (Å²) in [5, 5.41) is 11.1. The number of carbonyl (C=O) groups excluding carboxylic acids is 3. The molecule has 0 aromatic heterocycles. The van der Waals surface area contributed by atoms with Crippen molar-refractivity contribution in [3.8, 4) is 0 Å². The summed E-state index contributed by atoms with van der Waals surface area (Å²) in [5.74, 6) is -4.14. The molecular formula is C18H22N2O7. The van der Waals surface area contributed by atoms with Gasteiger partial charge in [0.2, 0.25) is 12.5 Å². The molecule has 0 saturated carbocycles. The van der Waals surface area contributed by atoms with Crippen LogP contribution in [0.15, 0.2) is 24.3 Å². The average Bonchev–Trinajstić information content (AvgIpc) is 2.83. The first-order valence-corrected chi connectivity index (χ1v) is 8.51. The molecule has 27 heavy (non-hydrogen) atoms. The van der Waals surface area contributed by atoms with Gasteiger partial charge < -0.3 is 9.47 Å². The second kappa shape index (κ2) is 7.73. The van der Waals surface area contributed by atoms with E-state index < -0.39 is 46.9 Å². The number of esters is 1. The van der Waals surface area contributed by atoms with Crippen molar-refractivity contribution in [3.05, 3.63) is 39.9 Å². The number of carbonyl (C=O) groups is 3. The van der Waals surface area contributed by atoms with Crippen LogP contribution in [0.2, 0.25) is 0 Å². The summed E-state index contributed by atoms with van der Waals surface area (Å²) in [6.45, 7) is 5.77. The Morgan fingerprint density at radius 2 is 1.93 bits per heavy atom. The van der Waals surface area contributed by atoms with Gasteiger partial charge in [-0.3, -0.25) is 19.7 Å². The van der Waals surface area contributed by atoms with Gasteiger partial charge in [0.05, 0.1) is 18.2 Å². The average molecular weight is 378 g/mol. The second-order valence-electron chi connectivity index (χ2n) is 7.06. The SMILES string of the molecule is CCOC(=O)[C@@H](C[N+](=O)[O-])[C@@H]1C(=O)N(C(=O)OC(C)(C)C)c2ccccc21. The highest BCUT2D eigenvalue weighted by atomic mass is 16.6. The Labute approximate surface area is 156 Å². The van der Waals surface area contributed by atoms with Crippen molar-refractivity contribution in [2.75, 3.05) is 18.1 Å². The fourth-order valence-corrected chi connectivity index (χ4v) is 2.96. The van der Waals surface area contributed by atoms with E-state index >= 15 is 0 Å². The van der Waals surface area contributed by atoms with Crippen LogP contribution in [-0.2, 0) is 19.1 Å². The van der Waals surface area contributed by atoms with Crippen LogP contribution >= 0.6 is 0 Å². The van der Waals surface area contributed by atoms with Crippen molar-refractivity contribution in [3.63, 3.8) is 0 Å². The van der Waals surface area contributed by atoms with Gasteiger partial charge in [0.1, 0.15) is 11.5 Å². The van der Waals surface area contributed by atoms with E-state index in [-0.39, 0.29) is 12.3 Å². The lowest BCUT2D eigenvalue weighted by atomic mass is 9.87. The molecule has 0 N–H and O–H groups in total. The molecule has 1 aliphatic heterocycles. The molecule has 1 heterocycles. The Bertz CT molecular complexity index is 769. The minimum absolute atomic E-state index is 0.0192. The van der Waals surface area contributed by atoms with Crippen LogP contribution in [0.25, 0.3) is 0 Å². The predicted octanol–water partition coefficient (Wildman–Crippen LogP) is 2.51. The fourth-order valence-electron chi connectivity index (χ4n) is 2.96. The molecule has 2 amide bonds. The number of fused-ring (bicyclic) bond motifs is 1. The summed E-state index contributed by atoms with van der Waals surface area (Å²) in [5.41, 5.74) is -0.237. The van der Waals surface area contributed by atoms with Crippen LogP contribution in [-0.4, -0.2) is 41.6 Å². The Hall–Kier alpha value is -2.97. The number of imide groups is 1. The van der Waals surface area contributed by atoms with E-state index in [9.17, 15) is 24.5 Å². The molecule has 146 valence electrons. The molecule has 0 unspecified atom stereocenters. The summed E-state index contributed by atoms with van der Waals surface area (Å²) in [6, 6.07) is 6.35. The molecule has 2 atom stereocenters. The number of amides is 2. The molecule has 0 bridgehead atoms. The van der Waals surface area contributed by atoms with E-state index in [1.54, 1.807) is 45.9 Å². The van der Waals surface area contributed by atoms with Crippen molar-refractivity contribution in [1.82, 2.24) is 0 Å². The Morgan fingerprint density at radius 1 is 1.30 bits per heavy atom. The van der Waals surface area contributed by atoms with Crippen LogP contribution < -0.4 is 4.90 Å². The summed E-state index contributed by atoms with van der Waals surface area (Å²) >= 11 is 0. The first kappa shape index (κ1) is 20.3. The zero-order chi connectivity index (χ0) is 20.4. The molecule has 2 rings (SSSR count). The minimum Gasteiger partial charge on any atom is -0.466 e. The van der Waals surface area contributed by atoms with Gasteiger partial charge in [-0.05, 0) is 39.3 Å². The number of hydrogen-bond acceptors (Lipinski definition) is 7. The zero-order valence-corrected chi connectivity index (χ0v) is 15.6. The maximum absolute atomic E-state index is 13.0. The van der Waals surface area contributed by atoms with Gasteiger partial charge in [0.25, 0.3) is 0 Å². The molecular weight excluding hydrogens is 356 g/mol. The summed E-state index contributed by atoms with van der Waals surface area (Å²) in [7, 11) is 0. The number of hydrogen-bond donors (Lipinski definition) is 0. The highest BCUT2D eigenvalue weighted by molar-refractivity contribution is 6.20. The summed E-state index contributed by atoms with van der Waals surface area (Å²) in [4.78, 5) is 49.1. The largest absolute Gasteiger partial charge is 0.466 e. The van der Waals surface area contributed by atoms with Crippen LogP contribution in [0.4, 0.5) is 10.5 Å². The minimum atomic E-state index is -1.35. The topological polar surface area (TPSA) is 116 Å². The van der Waals surface area contributed by atoms with Crippen molar-refractivity contribution in [1.29, 1.82) is 0 Å². The van der Waals surface area contributed by atoms with Gasteiger partial charge in [-0.2, -0.15) is 0 Å². The van der Waals surface area contributed by atoms with E-state index in [4.69, 9.17) is 9.47 Å². The van der Waals surface area contributed by atoms with Gasteiger partial charge in [0, 0.05) is 4.92 Å².